The van der Waals surface area contributed by atoms with E-state index >= 15 is 0 Å². The van der Waals surface area contributed by atoms with Gasteiger partial charge in [0.05, 0.1) is 16.3 Å². The molecule has 1 aliphatic heterocycles. The molecule has 0 bridgehead atoms. The lowest BCUT2D eigenvalue weighted by atomic mass is 10.0. The van der Waals surface area contributed by atoms with E-state index in [1.807, 2.05) is 13.8 Å². The number of nitrogens with one attached hydrogen (secondary N) is 1. The summed E-state index contributed by atoms with van der Waals surface area (Å²) in [6.45, 7) is 3.90. The van der Waals surface area contributed by atoms with E-state index in [2.05, 4.69) is 15.0 Å². The number of nitrogens with zero attached hydrogens (tertiary/aromatic N) is 2. The fourth-order valence-corrected chi connectivity index (χ4v) is 4.80. The van der Waals surface area contributed by atoms with Gasteiger partial charge in [-0.25, -0.2) is 4.98 Å². The molecule has 0 saturated heterocycles. The Bertz CT molecular complexity index is 1150. The Morgan fingerprint density at radius 2 is 1.97 bits per heavy atom. The SMILES string of the molecule is CC(C)c1nc(NC(=O)C2CCC(=O)c3cccn32)sc1-c1ccc(OC(F)(F)F)cc1. The van der Waals surface area contributed by atoms with E-state index in [1.165, 1.54) is 35.6 Å². The molecule has 32 heavy (non-hydrogen) atoms. The van der Waals surface area contributed by atoms with Crippen molar-refractivity contribution in [1.29, 1.82) is 0 Å². The maximum atomic E-state index is 12.9. The Hall–Kier alpha value is -3.14. The van der Waals surface area contributed by atoms with Crippen LogP contribution in [0.5, 0.6) is 5.75 Å². The number of anilines is 1. The highest BCUT2D eigenvalue weighted by molar-refractivity contribution is 7.19. The number of carbonyl (C=O) groups excluding carboxylic acids is 2. The molecule has 0 spiro atoms. The first-order valence-corrected chi connectivity index (χ1v) is 10.8. The molecule has 0 radical (unpaired) electrons. The van der Waals surface area contributed by atoms with Gasteiger partial charge in [0, 0.05) is 12.6 Å². The number of hydrogen-bond donors (Lipinski definition) is 1. The maximum absolute atomic E-state index is 12.9. The zero-order valence-electron chi connectivity index (χ0n) is 17.3. The minimum Gasteiger partial charge on any atom is -0.406 e. The molecular weight excluding hydrogens is 443 g/mol. The summed E-state index contributed by atoms with van der Waals surface area (Å²) in [5.41, 5.74) is 1.92. The fourth-order valence-electron chi connectivity index (χ4n) is 3.67. The van der Waals surface area contributed by atoms with Gasteiger partial charge in [0.15, 0.2) is 10.9 Å². The number of aromatic nitrogens is 2. The summed E-state index contributed by atoms with van der Waals surface area (Å²) in [6, 6.07) is 8.49. The van der Waals surface area contributed by atoms with Crippen molar-refractivity contribution in [3.63, 3.8) is 0 Å². The first-order valence-electron chi connectivity index (χ1n) is 10.00. The monoisotopic (exact) mass is 463 g/mol. The molecule has 10 heteroatoms. The molecule has 2 aromatic heterocycles. The van der Waals surface area contributed by atoms with Crippen molar-refractivity contribution in [1.82, 2.24) is 9.55 Å². The van der Waals surface area contributed by atoms with Crippen LogP contribution in [0.25, 0.3) is 10.4 Å². The standard InChI is InChI=1S/C22H20F3N3O3S/c1-12(2)18-19(13-5-7-14(8-6-13)31-22(23,24)25)32-21(26-18)27-20(30)16-9-10-17(29)15-4-3-11-28(15)16/h3-8,11-12,16H,9-10H2,1-2H3,(H,26,27,30). The van der Waals surface area contributed by atoms with Gasteiger partial charge in [0.1, 0.15) is 11.8 Å². The molecule has 3 aromatic rings. The summed E-state index contributed by atoms with van der Waals surface area (Å²) in [5.74, 6) is -0.531. The number of ketones is 1. The molecule has 0 fully saturated rings. The van der Waals surface area contributed by atoms with Crippen LogP contribution in [0.4, 0.5) is 18.3 Å². The van der Waals surface area contributed by atoms with E-state index in [0.29, 0.717) is 29.2 Å². The highest BCUT2D eigenvalue weighted by Gasteiger charge is 2.32. The number of rotatable bonds is 5. The van der Waals surface area contributed by atoms with E-state index in [-0.39, 0.29) is 23.4 Å². The molecule has 4 rings (SSSR count). The predicted molar refractivity (Wildman–Crippen MR) is 114 cm³/mol. The highest BCUT2D eigenvalue weighted by atomic mass is 32.1. The third-order valence-electron chi connectivity index (χ3n) is 5.13. The van der Waals surface area contributed by atoms with Crippen molar-refractivity contribution in [3.05, 3.63) is 54.0 Å². The van der Waals surface area contributed by atoms with Gasteiger partial charge in [0.2, 0.25) is 5.91 Å². The number of amides is 1. The number of halogens is 3. The van der Waals surface area contributed by atoms with Crippen molar-refractivity contribution in [2.75, 3.05) is 5.32 Å². The van der Waals surface area contributed by atoms with Gasteiger partial charge in [-0.1, -0.05) is 25.2 Å². The third kappa shape index (κ3) is 4.55. The number of thiazole rings is 1. The van der Waals surface area contributed by atoms with Gasteiger partial charge in [-0.3, -0.25) is 9.59 Å². The second-order valence-electron chi connectivity index (χ2n) is 7.73. The van der Waals surface area contributed by atoms with Gasteiger partial charge >= 0.3 is 6.36 Å². The predicted octanol–water partition coefficient (Wildman–Crippen LogP) is 5.79. The zero-order chi connectivity index (χ0) is 23.0. The highest BCUT2D eigenvalue weighted by Crippen LogP contribution is 2.38. The Kier molecular flexibility index (Phi) is 5.81. The van der Waals surface area contributed by atoms with Crippen LogP contribution < -0.4 is 10.1 Å². The summed E-state index contributed by atoms with van der Waals surface area (Å²) >= 11 is 1.25. The number of ether oxygens (including phenoxy) is 1. The number of alkyl halides is 3. The van der Waals surface area contributed by atoms with Crippen LogP contribution >= 0.6 is 11.3 Å². The summed E-state index contributed by atoms with van der Waals surface area (Å²) in [4.78, 5) is 30.3. The van der Waals surface area contributed by atoms with Crippen LogP contribution in [0.15, 0.2) is 42.6 Å². The third-order valence-corrected chi connectivity index (χ3v) is 6.16. The summed E-state index contributed by atoms with van der Waals surface area (Å²) < 4.78 is 42.9. The van der Waals surface area contributed by atoms with Crippen LogP contribution in [0.3, 0.4) is 0 Å². The molecule has 1 N–H and O–H groups in total. The smallest absolute Gasteiger partial charge is 0.406 e. The topological polar surface area (TPSA) is 73.2 Å². The van der Waals surface area contributed by atoms with Crippen LogP contribution in [0.2, 0.25) is 0 Å². The molecule has 1 aromatic carbocycles. The molecule has 168 valence electrons. The van der Waals surface area contributed by atoms with E-state index in [0.717, 1.165) is 10.6 Å². The number of hydrogen-bond acceptors (Lipinski definition) is 5. The Morgan fingerprint density at radius 1 is 1.25 bits per heavy atom. The van der Waals surface area contributed by atoms with Crippen molar-refractivity contribution in [2.45, 2.75) is 45.0 Å². The van der Waals surface area contributed by atoms with Crippen molar-refractivity contribution >= 4 is 28.2 Å². The lowest BCUT2D eigenvalue weighted by Gasteiger charge is -2.24. The van der Waals surface area contributed by atoms with E-state index < -0.39 is 12.4 Å². The lowest BCUT2D eigenvalue weighted by Crippen LogP contribution is -2.31. The van der Waals surface area contributed by atoms with Crippen LogP contribution in [0.1, 0.15) is 54.8 Å². The van der Waals surface area contributed by atoms with E-state index in [4.69, 9.17) is 0 Å². The second-order valence-corrected chi connectivity index (χ2v) is 8.73. The number of carbonyl (C=O) groups is 2. The average Bonchev–Trinajstić information content (AvgIpc) is 3.35. The largest absolute Gasteiger partial charge is 0.573 e. The van der Waals surface area contributed by atoms with E-state index in [1.54, 1.807) is 22.9 Å². The molecule has 1 unspecified atom stereocenters. The molecule has 1 amide bonds. The second kappa shape index (κ2) is 8.42. The van der Waals surface area contributed by atoms with Crippen molar-refractivity contribution in [3.8, 4) is 16.2 Å². The van der Waals surface area contributed by atoms with Crippen LogP contribution in [0, 0.1) is 0 Å². The molecular formula is C22H20F3N3O3S. The van der Waals surface area contributed by atoms with Gasteiger partial charge in [-0.2, -0.15) is 0 Å². The Labute approximate surface area is 186 Å². The first-order chi connectivity index (χ1) is 15.1. The van der Waals surface area contributed by atoms with Gasteiger partial charge in [-0.05, 0) is 54.3 Å². The zero-order valence-corrected chi connectivity index (χ0v) is 18.1. The molecule has 1 atom stereocenters. The summed E-state index contributed by atoms with van der Waals surface area (Å²) in [6.07, 6.45) is -2.33. The maximum Gasteiger partial charge on any atom is 0.573 e. The number of benzene rings is 1. The lowest BCUT2D eigenvalue weighted by molar-refractivity contribution is -0.274. The van der Waals surface area contributed by atoms with Gasteiger partial charge in [0.25, 0.3) is 0 Å². The Morgan fingerprint density at radius 3 is 2.62 bits per heavy atom. The minimum atomic E-state index is -4.75. The molecule has 1 aliphatic rings. The minimum absolute atomic E-state index is 0.00984. The molecule has 0 aliphatic carbocycles. The first kappa shape index (κ1) is 22.1. The van der Waals surface area contributed by atoms with Crippen LogP contribution in [-0.2, 0) is 4.79 Å². The van der Waals surface area contributed by atoms with Gasteiger partial charge in [-0.15, -0.1) is 13.2 Å². The summed E-state index contributed by atoms with van der Waals surface area (Å²) in [5, 5.41) is 3.25. The molecule has 0 saturated carbocycles. The molecule has 3 heterocycles. The summed E-state index contributed by atoms with van der Waals surface area (Å²) in [7, 11) is 0. The normalized spacial score (nSPS) is 16.2. The number of fused-ring (bicyclic) bond motifs is 1. The van der Waals surface area contributed by atoms with E-state index in [9.17, 15) is 22.8 Å². The van der Waals surface area contributed by atoms with Gasteiger partial charge < -0.3 is 14.6 Å². The fraction of sp³-hybridized carbons (Fsp3) is 0.318. The van der Waals surface area contributed by atoms with Crippen LogP contribution in [-0.4, -0.2) is 27.6 Å². The average molecular weight is 463 g/mol. The quantitative estimate of drug-likeness (QED) is 0.520. The van der Waals surface area contributed by atoms with Crippen molar-refractivity contribution in [2.24, 2.45) is 0 Å². The molecule has 6 nitrogen and oxygen atoms in total. The Balaban J connectivity index is 1.57. The van der Waals surface area contributed by atoms with Crippen molar-refractivity contribution < 1.29 is 27.5 Å². The number of Topliss-reactive ketones (excluding diaryl/α,β-unsaturated/α-hetero) is 1.